The van der Waals surface area contributed by atoms with Crippen molar-refractivity contribution in [3.63, 3.8) is 0 Å². The Kier molecular flexibility index (Phi) is 6.62. The predicted octanol–water partition coefficient (Wildman–Crippen LogP) is 5.24. The molecule has 0 atom stereocenters. The number of hydrogen-bond acceptors (Lipinski definition) is 3. The largest absolute Gasteiger partial charge is 0.325 e. The number of amides is 1. The maximum Gasteiger partial charge on any atom is 0.264 e. The van der Waals surface area contributed by atoms with Crippen molar-refractivity contribution in [2.45, 2.75) is 11.8 Å². The first-order valence-corrected chi connectivity index (χ1v) is 11.3. The van der Waals surface area contributed by atoms with Crippen LogP contribution < -0.4 is 9.62 Å². The van der Waals surface area contributed by atoms with Gasteiger partial charge >= 0.3 is 0 Å². The average Bonchev–Trinajstić information content (AvgIpc) is 2.71. The van der Waals surface area contributed by atoms with E-state index >= 15 is 0 Å². The van der Waals surface area contributed by atoms with Crippen molar-refractivity contribution in [2.24, 2.45) is 0 Å². The van der Waals surface area contributed by atoms with E-state index in [2.05, 4.69) is 21.2 Å². The van der Waals surface area contributed by atoms with E-state index in [4.69, 9.17) is 11.6 Å². The molecule has 0 aromatic heterocycles. The molecule has 0 aliphatic carbocycles. The Morgan fingerprint density at radius 3 is 2.31 bits per heavy atom. The van der Waals surface area contributed by atoms with Crippen LogP contribution in [0.1, 0.15) is 5.56 Å². The molecule has 1 N–H and O–H groups in total. The molecule has 3 rings (SSSR count). The van der Waals surface area contributed by atoms with E-state index in [1.165, 1.54) is 12.1 Å². The van der Waals surface area contributed by atoms with E-state index in [1.807, 2.05) is 0 Å². The number of benzene rings is 3. The lowest BCUT2D eigenvalue weighted by molar-refractivity contribution is -0.114. The van der Waals surface area contributed by atoms with Gasteiger partial charge < -0.3 is 5.32 Å². The monoisotopic (exact) mass is 492 g/mol. The molecule has 3 aromatic rings. The van der Waals surface area contributed by atoms with Crippen LogP contribution in [0.2, 0.25) is 5.02 Å². The number of hydrogen-bond donors (Lipinski definition) is 1. The SMILES string of the molecule is Cc1c(Cl)cccc1N(CC(=O)Nc1ccc(Br)cc1)S(=O)(=O)c1ccccc1. The van der Waals surface area contributed by atoms with Gasteiger partial charge in [0, 0.05) is 15.2 Å². The minimum absolute atomic E-state index is 0.0933. The molecule has 0 heterocycles. The summed E-state index contributed by atoms with van der Waals surface area (Å²) in [6.07, 6.45) is 0. The van der Waals surface area contributed by atoms with E-state index in [-0.39, 0.29) is 4.90 Å². The van der Waals surface area contributed by atoms with E-state index in [9.17, 15) is 13.2 Å². The van der Waals surface area contributed by atoms with Gasteiger partial charge in [0.25, 0.3) is 10.0 Å². The highest BCUT2D eigenvalue weighted by Crippen LogP contribution is 2.30. The quantitative estimate of drug-likeness (QED) is 0.510. The van der Waals surface area contributed by atoms with Gasteiger partial charge in [-0.2, -0.15) is 0 Å². The van der Waals surface area contributed by atoms with Gasteiger partial charge in [0.05, 0.1) is 10.6 Å². The summed E-state index contributed by atoms with van der Waals surface area (Å²) >= 11 is 9.55. The summed E-state index contributed by atoms with van der Waals surface area (Å²) in [7, 11) is -3.98. The van der Waals surface area contributed by atoms with Crippen LogP contribution in [-0.4, -0.2) is 20.9 Å². The van der Waals surface area contributed by atoms with Gasteiger partial charge in [-0.05, 0) is 61.0 Å². The summed E-state index contributed by atoms with van der Waals surface area (Å²) < 4.78 is 28.6. The number of nitrogens with zero attached hydrogens (tertiary/aromatic N) is 1. The van der Waals surface area contributed by atoms with E-state index in [0.29, 0.717) is 22.0 Å². The van der Waals surface area contributed by atoms with Gasteiger partial charge in [0.1, 0.15) is 6.54 Å². The molecule has 0 radical (unpaired) electrons. The second kappa shape index (κ2) is 8.98. The van der Waals surface area contributed by atoms with Crippen LogP contribution in [0, 0.1) is 6.92 Å². The summed E-state index contributed by atoms with van der Waals surface area (Å²) in [5.74, 6) is -0.466. The molecule has 0 saturated carbocycles. The third-order valence-electron chi connectivity index (χ3n) is 4.25. The lowest BCUT2D eigenvalue weighted by Gasteiger charge is -2.26. The lowest BCUT2D eigenvalue weighted by atomic mass is 10.2. The zero-order chi connectivity index (χ0) is 21.0. The van der Waals surface area contributed by atoms with Crippen LogP contribution in [0.25, 0.3) is 0 Å². The number of halogens is 2. The van der Waals surface area contributed by atoms with Gasteiger partial charge in [0.2, 0.25) is 5.91 Å². The molecule has 0 saturated heterocycles. The van der Waals surface area contributed by atoms with Gasteiger partial charge in [-0.15, -0.1) is 0 Å². The van der Waals surface area contributed by atoms with Crippen LogP contribution in [-0.2, 0) is 14.8 Å². The molecule has 0 aliphatic rings. The Labute approximate surface area is 183 Å². The van der Waals surface area contributed by atoms with E-state index < -0.39 is 22.5 Å². The highest BCUT2D eigenvalue weighted by molar-refractivity contribution is 9.10. The summed E-state index contributed by atoms with van der Waals surface area (Å²) in [4.78, 5) is 12.8. The number of anilines is 2. The minimum atomic E-state index is -3.98. The molecule has 3 aromatic carbocycles. The van der Waals surface area contributed by atoms with Crippen molar-refractivity contribution in [3.8, 4) is 0 Å². The van der Waals surface area contributed by atoms with Crippen molar-refractivity contribution >= 4 is 54.8 Å². The Balaban J connectivity index is 1.98. The first-order chi connectivity index (χ1) is 13.8. The number of sulfonamides is 1. The second-order valence-electron chi connectivity index (χ2n) is 6.26. The minimum Gasteiger partial charge on any atom is -0.325 e. The van der Waals surface area contributed by atoms with Crippen LogP contribution in [0.3, 0.4) is 0 Å². The van der Waals surface area contributed by atoms with Crippen LogP contribution >= 0.6 is 27.5 Å². The molecule has 150 valence electrons. The average molecular weight is 494 g/mol. The molecule has 0 fully saturated rings. The van der Waals surface area contributed by atoms with Crippen molar-refractivity contribution in [1.29, 1.82) is 0 Å². The number of rotatable bonds is 6. The van der Waals surface area contributed by atoms with Gasteiger partial charge in [-0.25, -0.2) is 8.42 Å². The molecular formula is C21H18BrClN2O3S. The lowest BCUT2D eigenvalue weighted by Crippen LogP contribution is -2.38. The summed E-state index contributed by atoms with van der Waals surface area (Å²) in [6, 6.07) is 20.0. The van der Waals surface area contributed by atoms with Crippen LogP contribution in [0.5, 0.6) is 0 Å². The van der Waals surface area contributed by atoms with Crippen molar-refractivity contribution in [1.82, 2.24) is 0 Å². The third-order valence-corrected chi connectivity index (χ3v) is 6.97. The molecular weight excluding hydrogens is 476 g/mol. The Morgan fingerprint density at radius 1 is 1.00 bits per heavy atom. The zero-order valence-corrected chi connectivity index (χ0v) is 18.6. The van der Waals surface area contributed by atoms with Crippen molar-refractivity contribution in [3.05, 3.63) is 87.9 Å². The maximum absolute atomic E-state index is 13.3. The normalized spacial score (nSPS) is 11.1. The molecule has 29 heavy (non-hydrogen) atoms. The third kappa shape index (κ3) is 4.98. The molecule has 1 amide bonds. The van der Waals surface area contributed by atoms with Gasteiger partial charge in [-0.1, -0.05) is 51.8 Å². The molecule has 8 heteroatoms. The highest BCUT2D eigenvalue weighted by Gasteiger charge is 2.28. The van der Waals surface area contributed by atoms with Crippen LogP contribution in [0.4, 0.5) is 11.4 Å². The fraction of sp³-hybridized carbons (Fsp3) is 0.0952. The second-order valence-corrected chi connectivity index (χ2v) is 9.45. The first kappa shape index (κ1) is 21.4. The molecule has 0 spiro atoms. The smallest absolute Gasteiger partial charge is 0.264 e. The Morgan fingerprint density at radius 2 is 1.66 bits per heavy atom. The van der Waals surface area contributed by atoms with Gasteiger partial charge in [0.15, 0.2) is 0 Å². The fourth-order valence-electron chi connectivity index (χ4n) is 2.75. The first-order valence-electron chi connectivity index (χ1n) is 8.67. The molecule has 0 aliphatic heterocycles. The Hall–Kier alpha value is -2.35. The Bertz CT molecular complexity index is 1120. The standard InChI is InChI=1S/C21H18BrClN2O3S/c1-15-19(23)8-5-9-20(15)25(29(27,28)18-6-3-2-4-7-18)14-21(26)24-17-12-10-16(22)11-13-17/h2-13H,14H2,1H3,(H,24,26). The highest BCUT2D eigenvalue weighted by atomic mass is 79.9. The molecule has 5 nitrogen and oxygen atoms in total. The predicted molar refractivity (Wildman–Crippen MR) is 120 cm³/mol. The fourth-order valence-corrected chi connectivity index (χ4v) is 4.68. The van der Waals surface area contributed by atoms with Crippen LogP contribution in [0.15, 0.2) is 82.2 Å². The topological polar surface area (TPSA) is 66.5 Å². The summed E-state index contributed by atoms with van der Waals surface area (Å²) in [5, 5.41) is 3.15. The van der Waals surface area contributed by atoms with Crippen molar-refractivity contribution < 1.29 is 13.2 Å². The summed E-state index contributed by atoms with van der Waals surface area (Å²) in [6.45, 7) is 1.33. The van der Waals surface area contributed by atoms with Crippen molar-refractivity contribution in [2.75, 3.05) is 16.2 Å². The van der Waals surface area contributed by atoms with Gasteiger partial charge in [-0.3, -0.25) is 9.10 Å². The summed E-state index contributed by atoms with van der Waals surface area (Å²) in [5.41, 5.74) is 1.50. The zero-order valence-electron chi connectivity index (χ0n) is 15.5. The number of carbonyl (C=O) groups excluding carboxylic acids is 1. The number of nitrogens with one attached hydrogen (secondary N) is 1. The molecule has 0 bridgehead atoms. The molecule has 0 unspecified atom stereocenters. The van der Waals surface area contributed by atoms with E-state index in [1.54, 1.807) is 67.6 Å². The number of carbonyl (C=O) groups is 1. The maximum atomic E-state index is 13.3. The van der Waals surface area contributed by atoms with E-state index in [0.717, 1.165) is 8.78 Å².